The van der Waals surface area contributed by atoms with E-state index in [1.807, 2.05) is 12.4 Å². The molecule has 2 atom stereocenters. The van der Waals surface area contributed by atoms with Crippen LogP contribution in [0.4, 0.5) is 0 Å². The van der Waals surface area contributed by atoms with Crippen molar-refractivity contribution in [3.63, 3.8) is 0 Å². The van der Waals surface area contributed by atoms with Crippen molar-refractivity contribution in [1.29, 1.82) is 0 Å². The van der Waals surface area contributed by atoms with Gasteiger partial charge in [0.15, 0.2) is 0 Å². The van der Waals surface area contributed by atoms with Crippen LogP contribution in [0.2, 0.25) is 0 Å². The zero-order chi connectivity index (χ0) is 12.8. The van der Waals surface area contributed by atoms with Gasteiger partial charge in [-0.2, -0.15) is 0 Å². The van der Waals surface area contributed by atoms with Crippen LogP contribution in [-0.2, 0) is 6.42 Å². The quantitative estimate of drug-likeness (QED) is 0.886. The molecule has 0 spiro atoms. The monoisotopic (exact) mass is 247 g/mol. The third-order valence-corrected chi connectivity index (χ3v) is 3.79. The molecule has 100 valence electrons. The van der Waals surface area contributed by atoms with E-state index in [1.165, 1.54) is 38.0 Å². The number of rotatable bonds is 3. The van der Waals surface area contributed by atoms with Crippen LogP contribution in [0.3, 0.4) is 0 Å². The molecule has 18 heavy (non-hydrogen) atoms. The second kappa shape index (κ2) is 6.86. The maximum Gasteiger partial charge on any atom is 0.0270 e. The highest BCUT2D eigenvalue weighted by molar-refractivity contribution is 5.09. The summed E-state index contributed by atoms with van der Waals surface area (Å²) in [6.45, 7) is 8.19. The van der Waals surface area contributed by atoms with E-state index in [0.717, 1.165) is 6.42 Å². The van der Waals surface area contributed by atoms with Crippen molar-refractivity contribution in [2.75, 3.05) is 19.6 Å². The van der Waals surface area contributed by atoms with Crippen molar-refractivity contribution >= 4 is 0 Å². The van der Waals surface area contributed by atoms with Crippen molar-refractivity contribution in [1.82, 2.24) is 15.2 Å². The lowest BCUT2D eigenvalue weighted by atomic mass is 10.1. The van der Waals surface area contributed by atoms with Crippen LogP contribution in [0.1, 0.15) is 32.3 Å². The molecule has 3 nitrogen and oxygen atoms in total. The Morgan fingerprint density at radius 2 is 1.78 bits per heavy atom. The largest absolute Gasteiger partial charge is 0.312 e. The van der Waals surface area contributed by atoms with E-state index in [1.54, 1.807) is 0 Å². The van der Waals surface area contributed by atoms with Crippen LogP contribution < -0.4 is 5.32 Å². The average molecular weight is 247 g/mol. The van der Waals surface area contributed by atoms with Gasteiger partial charge in [0.05, 0.1) is 0 Å². The van der Waals surface area contributed by atoms with Gasteiger partial charge in [0.25, 0.3) is 0 Å². The lowest BCUT2D eigenvalue weighted by Crippen LogP contribution is -2.43. The van der Waals surface area contributed by atoms with Crippen LogP contribution in [0, 0.1) is 0 Å². The molecule has 0 bridgehead atoms. The molecule has 1 aromatic heterocycles. The fraction of sp³-hybridized carbons (Fsp3) is 0.667. The third kappa shape index (κ3) is 4.39. The second-order valence-electron chi connectivity index (χ2n) is 5.49. The number of aromatic nitrogens is 1. The number of hydrogen-bond acceptors (Lipinski definition) is 3. The first-order valence-corrected chi connectivity index (χ1v) is 7.11. The number of nitrogens with one attached hydrogen (secondary N) is 1. The summed E-state index contributed by atoms with van der Waals surface area (Å²) < 4.78 is 0. The Morgan fingerprint density at radius 1 is 1.17 bits per heavy atom. The van der Waals surface area contributed by atoms with Crippen molar-refractivity contribution < 1.29 is 0 Å². The standard InChI is InChI=1S/C15H25N3/c1-13-5-10-18(11-6-14(2)17-13)12-7-15-3-8-16-9-4-15/h3-4,8-9,13-14,17H,5-7,10-12H2,1-2H3. The summed E-state index contributed by atoms with van der Waals surface area (Å²) in [5, 5.41) is 3.64. The van der Waals surface area contributed by atoms with Crippen LogP contribution >= 0.6 is 0 Å². The maximum absolute atomic E-state index is 4.07. The predicted molar refractivity (Wildman–Crippen MR) is 75.7 cm³/mol. The van der Waals surface area contributed by atoms with Gasteiger partial charge in [-0.1, -0.05) is 0 Å². The van der Waals surface area contributed by atoms with Gasteiger partial charge in [-0.15, -0.1) is 0 Å². The van der Waals surface area contributed by atoms with E-state index in [4.69, 9.17) is 0 Å². The molecule has 2 rings (SSSR count). The zero-order valence-electron chi connectivity index (χ0n) is 11.6. The van der Waals surface area contributed by atoms with Crippen molar-refractivity contribution in [3.05, 3.63) is 30.1 Å². The molecular formula is C15H25N3. The lowest BCUT2D eigenvalue weighted by Gasteiger charge is -2.30. The van der Waals surface area contributed by atoms with Crippen molar-refractivity contribution in [2.45, 2.75) is 45.2 Å². The number of pyridine rings is 1. The zero-order valence-corrected chi connectivity index (χ0v) is 11.6. The van der Waals surface area contributed by atoms with E-state index in [-0.39, 0.29) is 0 Å². The first kappa shape index (κ1) is 13.5. The fourth-order valence-electron chi connectivity index (χ4n) is 2.58. The smallest absolute Gasteiger partial charge is 0.0270 e. The minimum Gasteiger partial charge on any atom is -0.312 e. The lowest BCUT2D eigenvalue weighted by molar-refractivity contribution is 0.221. The van der Waals surface area contributed by atoms with E-state index < -0.39 is 0 Å². The molecular weight excluding hydrogens is 222 g/mol. The Labute approximate surface area is 111 Å². The predicted octanol–water partition coefficient (Wildman–Crippen LogP) is 2.09. The minimum atomic E-state index is 0.642. The van der Waals surface area contributed by atoms with Gasteiger partial charge in [-0.25, -0.2) is 0 Å². The van der Waals surface area contributed by atoms with Crippen LogP contribution in [0.25, 0.3) is 0 Å². The molecule has 0 aromatic carbocycles. The second-order valence-corrected chi connectivity index (χ2v) is 5.49. The summed E-state index contributed by atoms with van der Waals surface area (Å²) in [5.41, 5.74) is 1.39. The van der Waals surface area contributed by atoms with Gasteiger partial charge in [0.1, 0.15) is 0 Å². The summed E-state index contributed by atoms with van der Waals surface area (Å²) in [4.78, 5) is 6.67. The van der Waals surface area contributed by atoms with E-state index in [9.17, 15) is 0 Å². The summed E-state index contributed by atoms with van der Waals surface area (Å²) >= 11 is 0. The highest BCUT2D eigenvalue weighted by Gasteiger charge is 2.15. The SMILES string of the molecule is CC1CCN(CCc2ccncc2)CCC(C)N1. The highest BCUT2D eigenvalue weighted by atomic mass is 15.1. The average Bonchev–Trinajstić information content (AvgIpc) is 2.37. The minimum absolute atomic E-state index is 0.642. The Hall–Kier alpha value is -0.930. The molecule has 1 saturated heterocycles. The third-order valence-electron chi connectivity index (χ3n) is 3.79. The Kier molecular flexibility index (Phi) is 5.14. The molecule has 1 aromatic rings. The van der Waals surface area contributed by atoms with Crippen molar-refractivity contribution in [3.8, 4) is 0 Å². The van der Waals surface area contributed by atoms with Crippen molar-refractivity contribution in [2.24, 2.45) is 0 Å². The van der Waals surface area contributed by atoms with Gasteiger partial charge in [-0.3, -0.25) is 4.98 Å². The normalized spacial score (nSPS) is 26.6. The summed E-state index contributed by atoms with van der Waals surface area (Å²) in [7, 11) is 0. The van der Waals surface area contributed by atoms with Crippen LogP contribution in [0.5, 0.6) is 0 Å². The van der Waals surface area contributed by atoms with E-state index >= 15 is 0 Å². The van der Waals surface area contributed by atoms with E-state index in [0.29, 0.717) is 12.1 Å². The molecule has 3 heteroatoms. The molecule has 0 saturated carbocycles. The molecule has 0 aliphatic carbocycles. The van der Waals surface area contributed by atoms with Gasteiger partial charge < -0.3 is 10.2 Å². The summed E-state index contributed by atoms with van der Waals surface area (Å²) in [6.07, 6.45) is 7.41. The maximum atomic E-state index is 4.07. The molecule has 1 N–H and O–H groups in total. The highest BCUT2D eigenvalue weighted by Crippen LogP contribution is 2.08. The molecule has 1 fully saturated rings. The number of nitrogens with zero attached hydrogens (tertiary/aromatic N) is 2. The molecule has 0 amide bonds. The molecule has 1 aliphatic rings. The topological polar surface area (TPSA) is 28.2 Å². The number of hydrogen-bond donors (Lipinski definition) is 1. The van der Waals surface area contributed by atoms with Gasteiger partial charge >= 0.3 is 0 Å². The molecule has 2 unspecified atom stereocenters. The van der Waals surface area contributed by atoms with Gasteiger partial charge in [0.2, 0.25) is 0 Å². The van der Waals surface area contributed by atoms with Crippen LogP contribution in [-0.4, -0.2) is 41.6 Å². The first-order valence-electron chi connectivity index (χ1n) is 7.11. The molecule has 2 heterocycles. The Morgan fingerprint density at radius 3 is 2.39 bits per heavy atom. The Bertz CT molecular complexity index is 327. The molecule has 0 radical (unpaired) electrons. The van der Waals surface area contributed by atoms with Gasteiger partial charge in [0, 0.05) is 31.0 Å². The van der Waals surface area contributed by atoms with E-state index in [2.05, 4.69) is 41.2 Å². The summed E-state index contributed by atoms with van der Waals surface area (Å²) in [5.74, 6) is 0. The fourth-order valence-corrected chi connectivity index (χ4v) is 2.58. The summed E-state index contributed by atoms with van der Waals surface area (Å²) in [6, 6.07) is 5.53. The Balaban J connectivity index is 1.81. The van der Waals surface area contributed by atoms with Crippen LogP contribution in [0.15, 0.2) is 24.5 Å². The van der Waals surface area contributed by atoms with Gasteiger partial charge in [-0.05, 0) is 63.9 Å². The molecule has 1 aliphatic heterocycles. The first-order chi connectivity index (χ1) is 8.74.